The van der Waals surface area contributed by atoms with Gasteiger partial charge in [-0.25, -0.2) is 13.8 Å². The quantitative estimate of drug-likeness (QED) is 0.839. The minimum absolute atomic E-state index is 0.303. The third-order valence-electron chi connectivity index (χ3n) is 2.83. The lowest BCUT2D eigenvalue weighted by molar-refractivity contribution is 0.566. The van der Waals surface area contributed by atoms with Crippen LogP contribution in [0.5, 0.6) is 0 Å². The Labute approximate surface area is 115 Å². The van der Waals surface area contributed by atoms with Crippen molar-refractivity contribution in [2.45, 2.75) is 19.9 Å². The number of halogens is 3. The molecule has 0 spiro atoms. The van der Waals surface area contributed by atoms with Gasteiger partial charge < -0.3 is 5.32 Å². The Morgan fingerprint density at radius 1 is 1.26 bits per heavy atom. The second-order valence-corrected chi connectivity index (χ2v) is 4.72. The van der Waals surface area contributed by atoms with E-state index in [1.807, 2.05) is 13.0 Å². The van der Waals surface area contributed by atoms with Crippen molar-refractivity contribution in [2.24, 2.45) is 0 Å². The van der Waals surface area contributed by atoms with Crippen molar-refractivity contribution in [3.05, 3.63) is 58.4 Å². The number of nitrogens with zero attached hydrogens (tertiary/aromatic N) is 1. The molecule has 0 amide bonds. The smallest absolute Gasteiger partial charge is 0.132 e. The number of benzene rings is 1. The van der Waals surface area contributed by atoms with Crippen LogP contribution < -0.4 is 5.32 Å². The van der Waals surface area contributed by atoms with Crippen LogP contribution in [-0.4, -0.2) is 4.98 Å². The lowest BCUT2D eigenvalue weighted by atomic mass is 10.1. The summed E-state index contributed by atoms with van der Waals surface area (Å²) in [6.07, 6.45) is 1.58. The molecule has 0 bridgehead atoms. The SMILES string of the molecule is Cc1cc(NC(C)c2ccc(F)cc2F)cnc1Cl. The Bertz CT molecular complexity index is 602. The van der Waals surface area contributed by atoms with Crippen LogP contribution in [0.2, 0.25) is 5.15 Å². The largest absolute Gasteiger partial charge is 0.377 e. The van der Waals surface area contributed by atoms with E-state index in [0.717, 1.165) is 17.3 Å². The Kier molecular flexibility index (Phi) is 4.00. The number of hydrogen-bond donors (Lipinski definition) is 1. The van der Waals surface area contributed by atoms with Gasteiger partial charge in [0.15, 0.2) is 0 Å². The zero-order valence-corrected chi connectivity index (χ0v) is 11.3. The first kappa shape index (κ1) is 13.7. The van der Waals surface area contributed by atoms with Gasteiger partial charge in [-0.1, -0.05) is 17.7 Å². The number of aromatic nitrogens is 1. The van der Waals surface area contributed by atoms with Crippen molar-refractivity contribution in [3.8, 4) is 0 Å². The number of hydrogen-bond acceptors (Lipinski definition) is 2. The molecule has 0 aliphatic rings. The number of aryl methyl sites for hydroxylation is 1. The number of pyridine rings is 1. The molecule has 1 heterocycles. The maximum atomic E-state index is 13.6. The maximum Gasteiger partial charge on any atom is 0.132 e. The van der Waals surface area contributed by atoms with Gasteiger partial charge in [-0.05, 0) is 31.5 Å². The standard InChI is InChI=1S/C14H13ClF2N2/c1-8-5-11(7-18-14(8)15)19-9(2)12-4-3-10(16)6-13(12)17/h3-7,9,19H,1-2H3. The zero-order chi connectivity index (χ0) is 14.0. The highest BCUT2D eigenvalue weighted by Gasteiger charge is 2.12. The van der Waals surface area contributed by atoms with Gasteiger partial charge in [0.05, 0.1) is 17.9 Å². The molecule has 0 aliphatic heterocycles. The van der Waals surface area contributed by atoms with Crippen molar-refractivity contribution < 1.29 is 8.78 Å². The monoisotopic (exact) mass is 282 g/mol. The summed E-state index contributed by atoms with van der Waals surface area (Å²) < 4.78 is 26.5. The molecule has 0 fully saturated rings. The molecule has 5 heteroatoms. The Morgan fingerprint density at radius 3 is 2.63 bits per heavy atom. The molecule has 2 aromatic rings. The summed E-state index contributed by atoms with van der Waals surface area (Å²) in [6, 6.07) is 5.06. The van der Waals surface area contributed by atoms with Crippen LogP contribution in [-0.2, 0) is 0 Å². The van der Waals surface area contributed by atoms with Gasteiger partial charge in [-0.3, -0.25) is 0 Å². The molecular weight excluding hydrogens is 270 g/mol. The minimum atomic E-state index is -0.586. The second kappa shape index (κ2) is 5.53. The highest BCUT2D eigenvalue weighted by Crippen LogP contribution is 2.23. The van der Waals surface area contributed by atoms with Gasteiger partial charge in [0.2, 0.25) is 0 Å². The molecular formula is C14H13ClF2N2. The van der Waals surface area contributed by atoms with Gasteiger partial charge in [-0.2, -0.15) is 0 Å². The Hall–Kier alpha value is -1.68. The Balaban J connectivity index is 2.20. The van der Waals surface area contributed by atoms with Crippen molar-refractivity contribution >= 4 is 17.3 Å². The first-order valence-electron chi connectivity index (χ1n) is 5.81. The molecule has 0 saturated carbocycles. The molecule has 19 heavy (non-hydrogen) atoms. The maximum absolute atomic E-state index is 13.6. The lowest BCUT2D eigenvalue weighted by Gasteiger charge is -2.16. The molecule has 1 aromatic carbocycles. The van der Waals surface area contributed by atoms with Crippen molar-refractivity contribution in [2.75, 3.05) is 5.32 Å². The topological polar surface area (TPSA) is 24.9 Å². The third-order valence-corrected chi connectivity index (χ3v) is 3.22. The van der Waals surface area contributed by atoms with E-state index < -0.39 is 11.6 Å². The van der Waals surface area contributed by atoms with Crippen molar-refractivity contribution in [1.82, 2.24) is 4.98 Å². The molecule has 1 unspecified atom stereocenters. The normalized spacial score (nSPS) is 12.3. The van der Waals surface area contributed by atoms with Gasteiger partial charge in [0, 0.05) is 11.6 Å². The van der Waals surface area contributed by atoms with E-state index in [9.17, 15) is 8.78 Å². The molecule has 0 radical (unpaired) electrons. The van der Waals surface area contributed by atoms with Crippen molar-refractivity contribution in [3.63, 3.8) is 0 Å². The van der Waals surface area contributed by atoms with E-state index in [1.165, 1.54) is 12.1 Å². The summed E-state index contributed by atoms with van der Waals surface area (Å²) >= 11 is 5.84. The van der Waals surface area contributed by atoms with Gasteiger partial charge in [0.1, 0.15) is 16.8 Å². The molecule has 0 saturated heterocycles. The molecule has 0 aliphatic carbocycles. The Morgan fingerprint density at radius 2 is 2.00 bits per heavy atom. The highest BCUT2D eigenvalue weighted by atomic mass is 35.5. The first-order chi connectivity index (χ1) is 8.97. The summed E-state index contributed by atoms with van der Waals surface area (Å²) in [5.74, 6) is -1.16. The average molecular weight is 283 g/mol. The zero-order valence-electron chi connectivity index (χ0n) is 10.5. The van der Waals surface area contributed by atoms with Crippen LogP contribution >= 0.6 is 11.6 Å². The fourth-order valence-corrected chi connectivity index (χ4v) is 1.92. The van der Waals surface area contributed by atoms with E-state index in [-0.39, 0.29) is 6.04 Å². The van der Waals surface area contributed by atoms with Crippen LogP contribution in [0.1, 0.15) is 24.1 Å². The molecule has 100 valence electrons. The second-order valence-electron chi connectivity index (χ2n) is 4.36. The summed E-state index contributed by atoms with van der Waals surface area (Å²) in [6.45, 7) is 3.63. The molecule has 1 atom stereocenters. The number of rotatable bonds is 3. The summed E-state index contributed by atoms with van der Waals surface area (Å²) in [5, 5.41) is 3.54. The van der Waals surface area contributed by atoms with Crippen LogP contribution in [0.25, 0.3) is 0 Å². The third kappa shape index (κ3) is 3.20. The van der Waals surface area contributed by atoms with Crippen LogP contribution in [0.3, 0.4) is 0 Å². The fourth-order valence-electron chi connectivity index (χ4n) is 1.82. The van der Waals surface area contributed by atoms with Crippen LogP contribution in [0.4, 0.5) is 14.5 Å². The highest BCUT2D eigenvalue weighted by molar-refractivity contribution is 6.30. The van der Waals surface area contributed by atoms with E-state index in [1.54, 1.807) is 13.1 Å². The van der Waals surface area contributed by atoms with Crippen LogP contribution in [0.15, 0.2) is 30.5 Å². The van der Waals surface area contributed by atoms with Gasteiger partial charge in [0.25, 0.3) is 0 Å². The average Bonchev–Trinajstić information content (AvgIpc) is 2.33. The number of nitrogens with one attached hydrogen (secondary N) is 1. The fraction of sp³-hybridized carbons (Fsp3) is 0.214. The first-order valence-corrected chi connectivity index (χ1v) is 6.19. The molecule has 1 N–H and O–H groups in total. The summed E-state index contributed by atoms with van der Waals surface area (Å²) in [4.78, 5) is 4.01. The van der Waals surface area contributed by atoms with Gasteiger partial charge >= 0.3 is 0 Å². The van der Waals surface area contributed by atoms with Gasteiger partial charge in [-0.15, -0.1) is 0 Å². The van der Waals surface area contributed by atoms with E-state index in [0.29, 0.717) is 10.7 Å². The van der Waals surface area contributed by atoms with Crippen LogP contribution in [0, 0.1) is 18.6 Å². The predicted molar refractivity (Wildman–Crippen MR) is 72.4 cm³/mol. The molecule has 2 rings (SSSR count). The summed E-state index contributed by atoms with van der Waals surface area (Å²) in [5.41, 5.74) is 1.96. The number of anilines is 1. The van der Waals surface area contributed by atoms with E-state index >= 15 is 0 Å². The summed E-state index contributed by atoms with van der Waals surface area (Å²) in [7, 11) is 0. The molecule has 2 nitrogen and oxygen atoms in total. The van der Waals surface area contributed by atoms with E-state index in [2.05, 4.69) is 10.3 Å². The lowest BCUT2D eigenvalue weighted by Crippen LogP contribution is -2.09. The predicted octanol–water partition coefficient (Wildman–Crippen LogP) is 4.49. The van der Waals surface area contributed by atoms with Crippen molar-refractivity contribution in [1.29, 1.82) is 0 Å². The molecule has 1 aromatic heterocycles. The van der Waals surface area contributed by atoms with E-state index in [4.69, 9.17) is 11.6 Å². The minimum Gasteiger partial charge on any atom is -0.377 e.